The number of para-hydroxylation sites is 1. The number of methoxy groups -OCH3 is 3. The average Bonchev–Trinajstić information content (AvgIpc) is 2.94. The number of nitrogens with zero attached hydrogens (tertiary/aromatic N) is 3. The van der Waals surface area contributed by atoms with E-state index in [-0.39, 0.29) is 12.2 Å². The number of benzene rings is 2. The zero-order valence-corrected chi connectivity index (χ0v) is 20.4. The molecule has 0 saturated heterocycles. The zero-order chi connectivity index (χ0) is 25.9. The molecule has 9 nitrogen and oxygen atoms in total. The highest BCUT2D eigenvalue weighted by Crippen LogP contribution is 2.41. The molecule has 3 aromatic heterocycles. The van der Waals surface area contributed by atoms with Gasteiger partial charge in [0.05, 0.1) is 43.8 Å². The van der Waals surface area contributed by atoms with Crippen LogP contribution in [-0.4, -0.2) is 41.7 Å². The molecule has 186 valence electrons. The first-order valence-electron chi connectivity index (χ1n) is 11.4. The smallest absolute Gasteiger partial charge is 0.339 e. The molecule has 0 radical (unpaired) electrons. The summed E-state index contributed by atoms with van der Waals surface area (Å²) < 4.78 is 23.4. The van der Waals surface area contributed by atoms with Crippen molar-refractivity contribution in [2.45, 2.75) is 6.61 Å². The number of ether oxygens (including phenoxy) is 4. The molecule has 0 aliphatic heterocycles. The van der Waals surface area contributed by atoms with Crippen LogP contribution in [0.2, 0.25) is 0 Å². The van der Waals surface area contributed by atoms with E-state index in [1.807, 2.05) is 18.2 Å². The van der Waals surface area contributed by atoms with E-state index in [1.54, 1.807) is 48.7 Å². The van der Waals surface area contributed by atoms with Gasteiger partial charge < -0.3 is 18.9 Å². The fraction of sp³-hybridized carbons (Fsp3) is 0.143. The SMILES string of the molecule is COc1cc(-c2cc(C(=O)OCc3cc(=O)n4ccccc4n3)c3ccccc3n2)cc(OC)c1OC. The van der Waals surface area contributed by atoms with E-state index in [2.05, 4.69) is 4.98 Å². The maximum atomic E-state index is 13.3. The van der Waals surface area contributed by atoms with E-state index in [9.17, 15) is 9.59 Å². The van der Waals surface area contributed by atoms with Gasteiger partial charge >= 0.3 is 5.97 Å². The van der Waals surface area contributed by atoms with Gasteiger partial charge in [-0.1, -0.05) is 24.3 Å². The van der Waals surface area contributed by atoms with Gasteiger partial charge in [0.25, 0.3) is 5.56 Å². The number of rotatable bonds is 7. The van der Waals surface area contributed by atoms with Crippen molar-refractivity contribution in [3.8, 4) is 28.5 Å². The van der Waals surface area contributed by atoms with Crippen molar-refractivity contribution >= 4 is 22.5 Å². The van der Waals surface area contributed by atoms with Gasteiger partial charge in [0.15, 0.2) is 11.5 Å². The van der Waals surface area contributed by atoms with Gasteiger partial charge in [-0.25, -0.2) is 14.8 Å². The van der Waals surface area contributed by atoms with Crippen LogP contribution in [-0.2, 0) is 11.3 Å². The van der Waals surface area contributed by atoms with Gasteiger partial charge in [-0.15, -0.1) is 0 Å². The highest BCUT2D eigenvalue weighted by Gasteiger charge is 2.19. The van der Waals surface area contributed by atoms with Crippen molar-refractivity contribution < 1.29 is 23.7 Å². The third kappa shape index (κ3) is 4.54. The molecule has 0 bridgehead atoms. The molecule has 3 heterocycles. The molecule has 9 heteroatoms. The number of esters is 1. The van der Waals surface area contributed by atoms with Gasteiger partial charge in [-0.3, -0.25) is 9.20 Å². The van der Waals surface area contributed by atoms with E-state index in [4.69, 9.17) is 23.9 Å². The van der Waals surface area contributed by atoms with Crippen molar-refractivity contribution in [2.24, 2.45) is 0 Å². The first kappa shape index (κ1) is 23.8. The molecule has 37 heavy (non-hydrogen) atoms. The Hall–Kier alpha value is -4.92. The Morgan fingerprint density at radius 2 is 1.59 bits per heavy atom. The standard InChI is InChI=1S/C28H23N3O6/c1-34-23-12-17(13-24(35-2)27(23)36-3)22-15-20(19-8-4-5-9-21(19)30-22)28(33)37-16-18-14-26(32)31-11-7-6-10-25(31)29-18/h4-15H,16H2,1-3H3. The lowest BCUT2D eigenvalue weighted by Crippen LogP contribution is -2.16. The maximum Gasteiger partial charge on any atom is 0.339 e. The van der Waals surface area contributed by atoms with Crippen molar-refractivity contribution in [1.29, 1.82) is 0 Å². The zero-order valence-electron chi connectivity index (χ0n) is 20.4. The predicted molar refractivity (Wildman–Crippen MR) is 137 cm³/mol. The molecule has 0 aliphatic carbocycles. The van der Waals surface area contributed by atoms with Crippen LogP contribution in [0.25, 0.3) is 27.8 Å². The van der Waals surface area contributed by atoms with Crippen molar-refractivity contribution in [2.75, 3.05) is 21.3 Å². The Bertz CT molecular complexity index is 1670. The summed E-state index contributed by atoms with van der Waals surface area (Å²) in [5.41, 5.74) is 2.70. The second-order valence-corrected chi connectivity index (χ2v) is 8.08. The topological polar surface area (TPSA) is 101 Å². The summed E-state index contributed by atoms with van der Waals surface area (Å²) in [4.78, 5) is 34.8. The second-order valence-electron chi connectivity index (χ2n) is 8.08. The number of hydrogen-bond acceptors (Lipinski definition) is 8. The molecular formula is C28H23N3O6. The van der Waals surface area contributed by atoms with Crippen LogP contribution in [0, 0.1) is 0 Å². The molecule has 0 fully saturated rings. The Morgan fingerprint density at radius 1 is 0.865 bits per heavy atom. The third-order valence-electron chi connectivity index (χ3n) is 5.87. The maximum absolute atomic E-state index is 13.3. The Morgan fingerprint density at radius 3 is 2.32 bits per heavy atom. The van der Waals surface area contributed by atoms with Crippen LogP contribution in [0.15, 0.2) is 77.7 Å². The molecule has 0 amide bonds. The van der Waals surface area contributed by atoms with Crippen LogP contribution in [0.5, 0.6) is 17.2 Å². The fourth-order valence-electron chi connectivity index (χ4n) is 4.12. The van der Waals surface area contributed by atoms with Gasteiger partial charge in [0.1, 0.15) is 12.3 Å². The monoisotopic (exact) mass is 497 g/mol. The molecule has 0 N–H and O–H groups in total. The minimum Gasteiger partial charge on any atom is -0.493 e. The highest BCUT2D eigenvalue weighted by atomic mass is 16.5. The van der Waals surface area contributed by atoms with E-state index >= 15 is 0 Å². The summed E-state index contributed by atoms with van der Waals surface area (Å²) in [6.45, 7) is -0.157. The number of carbonyl (C=O) groups is 1. The third-order valence-corrected chi connectivity index (χ3v) is 5.87. The second kappa shape index (κ2) is 9.98. The van der Waals surface area contributed by atoms with Crippen molar-refractivity contribution in [3.05, 3.63) is 94.5 Å². The first-order chi connectivity index (χ1) is 18.0. The normalized spacial score (nSPS) is 10.9. The Kier molecular flexibility index (Phi) is 6.42. The largest absolute Gasteiger partial charge is 0.493 e. The summed E-state index contributed by atoms with van der Waals surface area (Å²) in [7, 11) is 4.59. The highest BCUT2D eigenvalue weighted by molar-refractivity contribution is 6.04. The van der Waals surface area contributed by atoms with Gasteiger partial charge in [0, 0.05) is 23.2 Å². The summed E-state index contributed by atoms with van der Waals surface area (Å²) >= 11 is 0. The van der Waals surface area contributed by atoms with Crippen LogP contribution >= 0.6 is 0 Å². The van der Waals surface area contributed by atoms with Crippen LogP contribution in [0.4, 0.5) is 0 Å². The van der Waals surface area contributed by atoms with Gasteiger partial charge in [0.2, 0.25) is 5.75 Å². The minimum atomic E-state index is -0.567. The fourth-order valence-corrected chi connectivity index (χ4v) is 4.12. The van der Waals surface area contributed by atoms with E-state index in [0.29, 0.717) is 56.3 Å². The first-order valence-corrected chi connectivity index (χ1v) is 11.4. The number of aromatic nitrogens is 3. The summed E-state index contributed by atoms with van der Waals surface area (Å²) in [6, 6.07) is 19.1. The number of fused-ring (bicyclic) bond motifs is 2. The average molecular weight is 498 g/mol. The number of hydrogen-bond donors (Lipinski definition) is 0. The molecule has 5 aromatic rings. The number of carbonyl (C=O) groups excluding carboxylic acids is 1. The molecule has 0 unspecified atom stereocenters. The summed E-state index contributed by atoms with van der Waals surface area (Å²) in [5.74, 6) is 0.810. The molecule has 5 rings (SSSR count). The van der Waals surface area contributed by atoms with Crippen LogP contribution < -0.4 is 19.8 Å². The minimum absolute atomic E-state index is 0.157. The quantitative estimate of drug-likeness (QED) is 0.307. The molecule has 0 atom stereocenters. The molecule has 0 aliphatic rings. The van der Waals surface area contributed by atoms with Crippen LogP contribution in [0.3, 0.4) is 0 Å². The molecule has 0 spiro atoms. The Labute approximate surface area is 211 Å². The van der Waals surface area contributed by atoms with Crippen LogP contribution in [0.1, 0.15) is 16.1 Å². The number of pyridine rings is 2. The summed E-state index contributed by atoms with van der Waals surface area (Å²) in [6.07, 6.45) is 1.63. The lowest BCUT2D eigenvalue weighted by Gasteiger charge is -2.15. The van der Waals surface area contributed by atoms with Crippen molar-refractivity contribution in [3.63, 3.8) is 0 Å². The van der Waals surface area contributed by atoms with Gasteiger partial charge in [-0.05, 0) is 36.4 Å². The molecule has 0 saturated carbocycles. The van der Waals surface area contributed by atoms with E-state index in [1.165, 1.54) is 31.8 Å². The predicted octanol–water partition coefficient (Wildman–Crippen LogP) is 4.29. The van der Waals surface area contributed by atoms with Crippen molar-refractivity contribution in [1.82, 2.24) is 14.4 Å². The molecule has 2 aromatic carbocycles. The van der Waals surface area contributed by atoms with E-state index < -0.39 is 5.97 Å². The Balaban J connectivity index is 1.53. The molecular weight excluding hydrogens is 474 g/mol. The lowest BCUT2D eigenvalue weighted by atomic mass is 10.0. The van der Waals surface area contributed by atoms with E-state index in [0.717, 1.165) is 0 Å². The summed E-state index contributed by atoms with van der Waals surface area (Å²) in [5, 5.41) is 0.634. The van der Waals surface area contributed by atoms with Gasteiger partial charge in [-0.2, -0.15) is 0 Å². The lowest BCUT2D eigenvalue weighted by molar-refractivity contribution is 0.0470.